The Hall–Kier alpha value is -3.45. The molecule has 0 bridgehead atoms. The van der Waals surface area contributed by atoms with Crippen LogP contribution in [0.5, 0.6) is 6.01 Å². The Bertz CT molecular complexity index is 1420. The Morgan fingerprint density at radius 2 is 2.11 bits per heavy atom. The molecule has 35 heavy (non-hydrogen) atoms. The van der Waals surface area contributed by atoms with E-state index in [1.165, 1.54) is 0 Å². The highest BCUT2D eigenvalue weighted by molar-refractivity contribution is 6.33. The number of H-pyrrole nitrogens is 1. The minimum atomic E-state index is -0.655. The van der Waals surface area contributed by atoms with Crippen molar-refractivity contribution in [3.05, 3.63) is 41.0 Å². The lowest BCUT2D eigenvalue weighted by Gasteiger charge is -2.15. The Labute approximate surface area is 203 Å². The van der Waals surface area contributed by atoms with Gasteiger partial charge in [-0.1, -0.05) is 29.8 Å². The Morgan fingerprint density at radius 1 is 1.29 bits per heavy atom. The molecule has 5 heterocycles. The molecule has 6 rings (SSSR count). The lowest BCUT2D eigenvalue weighted by molar-refractivity contribution is -0.118. The summed E-state index contributed by atoms with van der Waals surface area (Å²) >= 11 is 6.46. The highest BCUT2D eigenvalue weighted by Gasteiger charge is 2.48. The average Bonchev–Trinajstić information content (AvgIpc) is 3.58. The van der Waals surface area contributed by atoms with Crippen LogP contribution in [0.15, 0.2) is 30.3 Å². The molecule has 2 aliphatic rings. The minimum absolute atomic E-state index is 0.0147. The van der Waals surface area contributed by atoms with Gasteiger partial charge in [-0.2, -0.15) is 10.1 Å². The van der Waals surface area contributed by atoms with Gasteiger partial charge in [0, 0.05) is 5.39 Å². The fourth-order valence-electron chi connectivity index (χ4n) is 4.53. The van der Waals surface area contributed by atoms with Crippen molar-refractivity contribution in [3.63, 3.8) is 0 Å². The van der Waals surface area contributed by atoms with E-state index in [1.807, 2.05) is 24.3 Å². The molecule has 2 saturated heterocycles. The van der Waals surface area contributed by atoms with Gasteiger partial charge in [-0.05, 0) is 12.1 Å². The van der Waals surface area contributed by atoms with Crippen LogP contribution in [0, 0.1) is 0 Å². The molecular formula is C22H22ClN7O5. The molecule has 1 aromatic carbocycles. The SMILES string of the molecule is NC(=O)Cn1nc(CNc2nc3nc(O[C@@H]4CO[C@H]5[C@@H]4OC[C@H]5O)[nH]c3cc2Cl)c2ccccc21. The molecule has 5 N–H and O–H groups in total. The number of pyridine rings is 1. The summed E-state index contributed by atoms with van der Waals surface area (Å²) in [7, 11) is 0. The molecular weight excluding hydrogens is 478 g/mol. The van der Waals surface area contributed by atoms with Crippen LogP contribution in [0.25, 0.3) is 22.1 Å². The first-order valence-electron chi connectivity index (χ1n) is 11.1. The molecule has 12 nitrogen and oxygen atoms in total. The molecule has 3 aromatic heterocycles. The number of rotatable bonds is 7. The number of aromatic amines is 1. The van der Waals surface area contributed by atoms with Crippen molar-refractivity contribution in [2.75, 3.05) is 18.5 Å². The number of fused-ring (bicyclic) bond motifs is 3. The van der Waals surface area contributed by atoms with E-state index in [1.54, 1.807) is 10.7 Å². The first-order valence-corrected chi connectivity index (χ1v) is 11.4. The van der Waals surface area contributed by atoms with E-state index in [9.17, 15) is 9.90 Å². The number of nitrogens with two attached hydrogens (primary N) is 1. The molecule has 1 amide bonds. The molecule has 4 atom stereocenters. The van der Waals surface area contributed by atoms with Crippen molar-refractivity contribution >= 4 is 45.4 Å². The third-order valence-electron chi connectivity index (χ3n) is 6.11. The topological polar surface area (TPSA) is 162 Å². The van der Waals surface area contributed by atoms with Crippen molar-refractivity contribution in [3.8, 4) is 6.01 Å². The number of carbonyl (C=O) groups is 1. The smallest absolute Gasteiger partial charge is 0.296 e. The number of nitrogens with one attached hydrogen (secondary N) is 2. The Morgan fingerprint density at radius 3 is 2.97 bits per heavy atom. The number of imidazole rings is 1. The minimum Gasteiger partial charge on any atom is -0.456 e. The molecule has 182 valence electrons. The average molecular weight is 500 g/mol. The molecule has 0 unspecified atom stereocenters. The highest BCUT2D eigenvalue weighted by atomic mass is 35.5. The molecule has 0 radical (unpaired) electrons. The van der Waals surface area contributed by atoms with Crippen LogP contribution in [0.1, 0.15) is 5.69 Å². The van der Waals surface area contributed by atoms with Gasteiger partial charge in [-0.25, -0.2) is 4.98 Å². The second-order valence-electron chi connectivity index (χ2n) is 8.49. The number of nitrogens with zero attached hydrogens (tertiary/aromatic N) is 4. The maximum Gasteiger partial charge on any atom is 0.296 e. The second kappa shape index (κ2) is 8.64. The second-order valence-corrected chi connectivity index (χ2v) is 8.90. The van der Waals surface area contributed by atoms with E-state index in [4.69, 9.17) is 31.5 Å². The van der Waals surface area contributed by atoms with Crippen LogP contribution in [0.3, 0.4) is 0 Å². The van der Waals surface area contributed by atoms with Gasteiger partial charge in [0.25, 0.3) is 6.01 Å². The number of halogens is 1. The molecule has 2 fully saturated rings. The summed E-state index contributed by atoms with van der Waals surface area (Å²) in [5, 5.41) is 18.9. The van der Waals surface area contributed by atoms with Gasteiger partial charge in [0.1, 0.15) is 30.7 Å². The van der Waals surface area contributed by atoms with Gasteiger partial charge in [-0.15, -0.1) is 0 Å². The standard InChI is InChI=1S/C22H22ClN7O5/c23-11-5-12-21(28-22(26-12)35-16-9-34-18-15(31)8-33-19(16)18)27-20(11)25-6-13-10-3-1-2-4-14(10)30(29-13)7-17(24)32/h1-5,15-16,18-19,31H,6-9H2,(H2,24,32)(H2,25,26,27,28)/t15-,16-,18-,19-/m1/s1. The predicted molar refractivity (Wildman–Crippen MR) is 125 cm³/mol. The molecule has 0 saturated carbocycles. The van der Waals surface area contributed by atoms with Crippen molar-refractivity contribution in [2.24, 2.45) is 5.73 Å². The van der Waals surface area contributed by atoms with Gasteiger partial charge in [0.2, 0.25) is 5.91 Å². The number of aliphatic hydroxyl groups is 1. The largest absolute Gasteiger partial charge is 0.456 e. The lowest BCUT2D eigenvalue weighted by atomic mass is 10.1. The molecule has 0 aliphatic carbocycles. The van der Waals surface area contributed by atoms with Crippen LogP contribution in [0.4, 0.5) is 5.82 Å². The number of benzene rings is 1. The molecule has 4 aromatic rings. The third-order valence-corrected chi connectivity index (χ3v) is 6.40. The van der Waals surface area contributed by atoms with Crippen LogP contribution < -0.4 is 15.8 Å². The van der Waals surface area contributed by atoms with Crippen molar-refractivity contribution < 1.29 is 24.1 Å². The summed E-state index contributed by atoms with van der Waals surface area (Å²) in [5.41, 5.74) is 7.91. The van der Waals surface area contributed by atoms with E-state index in [-0.39, 0.29) is 25.3 Å². The number of aromatic nitrogens is 5. The molecule has 0 spiro atoms. The zero-order chi connectivity index (χ0) is 24.1. The normalized spacial score (nSPS) is 23.7. The lowest BCUT2D eigenvalue weighted by Crippen LogP contribution is -2.34. The fourth-order valence-corrected chi connectivity index (χ4v) is 4.74. The van der Waals surface area contributed by atoms with Crippen molar-refractivity contribution in [2.45, 2.75) is 37.5 Å². The van der Waals surface area contributed by atoms with Gasteiger partial charge in [0.15, 0.2) is 11.8 Å². The number of primary amides is 1. The summed E-state index contributed by atoms with van der Waals surface area (Å²) in [6, 6.07) is 9.56. The number of hydrogen-bond donors (Lipinski definition) is 4. The number of aliphatic hydroxyl groups excluding tert-OH is 1. The fraction of sp³-hybridized carbons (Fsp3) is 0.364. The summed E-state index contributed by atoms with van der Waals surface area (Å²) < 4.78 is 18.7. The van der Waals surface area contributed by atoms with Crippen LogP contribution in [0.2, 0.25) is 5.02 Å². The van der Waals surface area contributed by atoms with Gasteiger partial charge in [0.05, 0.1) is 41.5 Å². The first kappa shape index (κ1) is 22.0. The van der Waals surface area contributed by atoms with E-state index >= 15 is 0 Å². The quantitative estimate of drug-likeness (QED) is 0.290. The van der Waals surface area contributed by atoms with Crippen molar-refractivity contribution in [1.82, 2.24) is 24.7 Å². The maximum atomic E-state index is 11.4. The first-order chi connectivity index (χ1) is 17.0. The highest BCUT2D eigenvalue weighted by Crippen LogP contribution is 2.31. The number of amides is 1. The zero-order valence-corrected chi connectivity index (χ0v) is 19.1. The van der Waals surface area contributed by atoms with Crippen LogP contribution in [-0.2, 0) is 27.4 Å². The number of carbonyl (C=O) groups excluding carboxylic acids is 1. The third kappa shape index (κ3) is 4.04. The van der Waals surface area contributed by atoms with Gasteiger partial charge < -0.3 is 35.4 Å². The maximum absolute atomic E-state index is 11.4. The molecule has 2 aliphatic heterocycles. The number of anilines is 1. The van der Waals surface area contributed by atoms with Crippen LogP contribution in [-0.4, -0.2) is 73.4 Å². The monoisotopic (exact) mass is 499 g/mol. The van der Waals surface area contributed by atoms with E-state index in [0.29, 0.717) is 35.2 Å². The van der Waals surface area contributed by atoms with E-state index in [0.717, 1.165) is 16.6 Å². The Kier molecular flexibility index (Phi) is 5.44. The summed E-state index contributed by atoms with van der Waals surface area (Å²) in [4.78, 5) is 23.4. The number of para-hydroxylation sites is 1. The van der Waals surface area contributed by atoms with Gasteiger partial charge in [-0.3, -0.25) is 9.48 Å². The van der Waals surface area contributed by atoms with Gasteiger partial charge >= 0.3 is 0 Å². The van der Waals surface area contributed by atoms with Crippen molar-refractivity contribution in [1.29, 1.82) is 0 Å². The number of ether oxygens (including phenoxy) is 3. The summed E-state index contributed by atoms with van der Waals surface area (Å²) in [5.74, 6) is -0.0444. The Balaban J connectivity index is 1.21. The van der Waals surface area contributed by atoms with E-state index < -0.39 is 24.2 Å². The van der Waals surface area contributed by atoms with Crippen LogP contribution >= 0.6 is 11.6 Å². The molecule has 13 heteroatoms. The number of hydrogen-bond acceptors (Lipinski definition) is 9. The zero-order valence-electron chi connectivity index (χ0n) is 18.3. The van der Waals surface area contributed by atoms with E-state index in [2.05, 4.69) is 25.4 Å². The summed E-state index contributed by atoms with van der Waals surface area (Å²) in [6.45, 7) is 0.817. The summed E-state index contributed by atoms with van der Waals surface area (Å²) in [6.07, 6.45) is -1.79. The predicted octanol–water partition coefficient (Wildman–Crippen LogP) is 0.964.